The van der Waals surface area contributed by atoms with Crippen molar-refractivity contribution in [3.05, 3.63) is 28.2 Å². The fraction of sp³-hybridized carbons (Fsp3) is 0.625. The molecule has 2 amide bonds. The Morgan fingerprint density at radius 1 is 1.00 bits per heavy atom. The van der Waals surface area contributed by atoms with Crippen molar-refractivity contribution in [1.82, 2.24) is 10.6 Å². The molecule has 1 heterocycles. The quantitative estimate of drug-likeness (QED) is 0.231. The summed E-state index contributed by atoms with van der Waals surface area (Å²) in [5.41, 5.74) is 6.12. The third-order valence-corrected chi connectivity index (χ3v) is 5.86. The summed E-state index contributed by atoms with van der Waals surface area (Å²) in [7, 11) is 0. The van der Waals surface area contributed by atoms with Gasteiger partial charge >= 0.3 is 0 Å². The van der Waals surface area contributed by atoms with E-state index in [0.29, 0.717) is 88.2 Å². The number of anilines is 1. The summed E-state index contributed by atoms with van der Waals surface area (Å²) in [6, 6.07) is 5.28. The van der Waals surface area contributed by atoms with E-state index in [1.807, 2.05) is 13.0 Å². The van der Waals surface area contributed by atoms with Crippen LogP contribution in [-0.4, -0.2) is 90.1 Å². The molecule has 0 fully saturated rings. The summed E-state index contributed by atoms with van der Waals surface area (Å²) >= 11 is 12.1. The fourth-order valence-electron chi connectivity index (χ4n) is 3.21. The number of amides is 2. The minimum absolute atomic E-state index is 0.0489. The van der Waals surface area contributed by atoms with Crippen molar-refractivity contribution in [3.8, 4) is 0 Å². The van der Waals surface area contributed by atoms with Crippen LogP contribution >= 0.6 is 23.2 Å². The summed E-state index contributed by atoms with van der Waals surface area (Å²) in [6.45, 7) is 6.50. The van der Waals surface area contributed by atoms with Gasteiger partial charge < -0.3 is 35.3 Å². The molecule has 0 radical (unpaired) electrons. The van der Waals surface area contributed by atoms with E-state index >= 15 is 0 Å². The van der Waals surface area contributed by atoms with E-state index in [9.17, 15) is 9.59 Å². The van der Waals surface area contributed by atoms with Gasteiger partial charge in [-0.2, -0.15) is 5.10 Å². The van der Waals surface area contributed by atoms with Gasteiger partial charge in [0.15, 0.2) is 0 Å². The predicted molar refractivity (Wildman–Crippen MR) is 143 cm³/mol. The zero-order valence-electron chi connectivity index (χ0n) is 21.2. The molecule has 1 atom stereocenters. The standard InChI is InChI=1S/C24H37Cl2N5O6/c1-18-16-31(19-4-5-20(25)21(26)15-19)30-24(18)29-22(32)3-2-7-28-23(33)17-37-14-13-36-12-11-35-10-9-34-8-6-27/h4-5,15,18H,2-3,6-14,16-17,27H2,1H3,(H,28,33)(H,29,30,32). The van der Waals surface area contributed by atoms with Crippen molar-refractivity contribution in [2.75, 3.05) is 77.5 Å². The molecule has 0 aliphatic carbocycles. The first-order chi connectivity index (χ1) is 17.9. The molecule has 0 bridgehead atoms. The maximum absolute atomic E-state index is 12.3. The molecule has 2 rings (SSSR count). The number of halogens is 2. The number of ether oxygens (including phenoxy) is 4. The number of benzene rings is 1. The van der Waals surface area contributed by atoms with Gasteiger partial charge in [-0.1, -0.05) is 30.1 Å². The highest BCUT2D eigenvalue weighted by Crippen LogP contribution is 2.29. The second-order valence-corrected chi connectivity index (χ2v) is 9.06. The summed E-state index contributed by atoms with van der Waals surface area (Å²) < 4.78 is 21.2. The highest BCUT2D eigenvalue weighted by molar-refractivity contribution is 6.42. The van der Waals surface area contributed by atoms with Crippen LogP contribution in [-0.2, 0) is 28.5 Å². The number of hydrazone groups is 1. The van der Waals surface area contributed by atoms with Gasteiger partial charge in [0.05, 0.1) is 68.5 Å². The van der Waals surface area contributed by atoms with E-state index in [2.05, 4.69) is 15.7 Å². The van der Waals surface area contributed by atoms with E-state index in [0.717, 1.165) is 5.69 Å². The first-order valence-electron chi connectivity index (χ1n) is 12.3. The number of nitrogens with zero attached hydrogens (tertiary/aromatic N) is 2. The molecule has 0 spiro atoms. The molecule has 0 saturated carbocycles. The average molecular weight is 562 g/mol. The Morgan fingerprint density at radius 3 is 2.30 bits per heavy atom. The third-order valence-electron chi connectivity index (χ3n) is 5.12. The van der Waals surface area contributed by atoms with Gasteiger partial charge in [-0.25, -0.2) is 0 Å². The van der Waals surface area contributed by atoms with Gasteiger partial charge in [0.25, 0.3) is 0 Å². The topological polar surface area (TPSA) is 137 Å². The number of hydrogen-bond acceptors (Lipinski definition) is 9. The van der Waals surface area contributed by atoms with Crippen molar-refractivity contribution in [1.29, 1.82) is 0 Å². The molecular weight excluding hydrogens is 525 g/mol. The van der Waals surface area contributed by atoms with Gasteiger partial charge in [0.1, 0.15) is 12.4 Å². The van der Waals surface area contributed by atoms with Crippen LogP contribution in [0.25, 0.3) is 0 Å². The second kappa shape index (κ2) is 18.3. The molecule has 1 aliphatic heterocycles. The van der Waals surface area contributed by atoms with Crippen LogP contribution in [0.15, 0.2) is 23.3 Å². The van der Waals surface area contributed by atoms with Crippen LogP contribution in [0.2, 0.25) is 10.0 Å². The maximum atomic E-state index is 12.3. The average Bonchev–Trinajstić information content (AvgIpc) is 3.24. The van der Waals surface area contributed by atoms with E-state index in [1.54, 1.807) is 17.1 Å². The molecule has 0 saturated heterocycles. The number of rotatable bonds is 18. The lowest BCUT2D eigenvalue weighted by Gasteiger charge is -2.14. The molecule has 208 valence electrons. The Morgan fingerprint density at radius 2 is 1.65 bits per heavy atom. The number of amidine groups is 1. The normalized spacial score (nSPS) is 15.1. The van der Waals surface area contributed by atoms with Crippen molar-refractivity contribution < 1.29 is 28.5 Å². The van der Waals surface area contributed by atoms with Crippen LogP contribution < -0.4 is 21.4 Å². The minimum Gasteiger partial charge on any atom is -0.378 e. The molecule has 1 aliphatic rings. The zero-order valence-corrected chi connectivity index (χ0v) is 22.7. The van der Waals surface area contributed by atoms with Crippen molar-refractivity contribution in [3.63, 3.8) is 0 Å². The summed E-state index contributed by atoms with van der Waals surface area (Å²) in [4.78, 5) is 24.2. The van der Waals surface area contributed by atoms with E-state index < -0.39 is 0 Å². The molecule has 0 aromatic heterocycles. The molecule has 1 aromatic rings. The van der Waals surface area contributed by atoms with Gasteiger partial charge in [-0.05, 0) is 24.6 Å². The lowest BCUT2D eigenvalue weighted by Crippen LogP contribution is -2.34. The van der Waals surface area contributed by atoms with Crippen molar-refractivity contribution >= 4 is 46.5 Å². The van der Waals surface area contributed by atoms with Gasteiger partial charge in [0.2, 0.25) is 11.8 Å². The second-order valence-electron chi connectivity index (χ2n) is 8.25. The van der Waals surface area contributed by atoms with Crippen LogP contribution in [0.4, 0.5) is 5.69 Å². The van der Waals surface area contributed by atoms with E-state index in [-0.39, 0.29) is 30.8 Å². The molecule has 37 heavy (non-hydrogen) atoms. The van der Waals surface area contributed by atoms with Crippen molar-refractivity contribution in [2.24, 2.45) is 16.8 Å². The van der Waals surface area contributed by atoms with E-state index in [1.165, 1.54) is 0 Å². The zero-order chi connectivity index (χ0) is 26.9. The summed E-state index contributed by atoms with van der Waals surface area (Å²) in [5, 5.41) is 12.8. The van der Waals surface area contributed by atoms with Crippen LogP contribution in [0.5, 0.6) is 0 Å². The molecule has 1 unspecified atom stereocenters. The fourth-order valence-corrected chi connectivity index (χ4v) is 3.51. The largest absolute Gasteiger partial charge is 0.378 e. The maximum Gasteiger partial charge on any atom is 0.245 e. The van der Waals surface area contributed by atoms with Crippen LogP contribution in [0.3, 0.4) is 0 Å². The SMILES string of the molecule is CC1CN(c2ccc(Cl)c(Cl)c2)N=C1NC(=O)CCCNC(=O)COCCOCCOCCOCCN. The van der Waals surface area contributed by atoms with Gasteiger partial charge in [-0.3, -0.25) is 14.6 Å². The van der Waals surface area contributed by atoms with Gasteiger partial charge in [0, 0.05) is 25.4 Å². The molecule has 11 nitrogen and oxygen atoms in total. The number of carbonyl (C=O) groups is 2. The third kappa shape index (κ3) is 12.9. The Bertz CT molecular complexity index is 876. The number of carbonyl (C=O) groups excluding carboxylic acids is 2. The van der Waals surface area contributed by atoms with Crippen LogP contribution in [0.1, 0.15) is 19.8 Å². The lowest BCUT2D eigenvalue weighted by molar-refractivity contribution is -0.126. The first-order valence-corrected chi connectivity index (χ1v) is 13.0. The smallest absolute Gasteiger partial charge is 0.245 e. The molecular formula is C24H37Cl2N5O6. The predicted octanol–water partition coefficient (Wildman–Crippen LogP) is 1.80. The lowest BCUT2D eigenvalue weighted by atomic mass is 10.1. The highest BCUT2D eigenvalue weighted by atomic mass is 35.5. The minimum atomic E-state index is -0.243. The Balaban J connectivity index is 1.48. The van der Waals surface area contributed by atoms with Crippen LogP contribution in [0, 0.1) is 5.92 Å². The number of nitrogens with two attached hydrogens (primary N) is 1. The molecule has 1 aromatic carbocycles. The highest BCUT2D eigenvalue weighted by Gasteiger charge is 2.25. The Hall–Kier alpha value is -1.99. The molecule has 13 heteroatoms. The van der Waals surface area contributed by atoms with Gasteiger partial charge in [-0.15, -0.1) is 0 Å². The van der Waals surface area contributed by atoms with E-state index in [4.69, 9.17) is 47.9 Å². The monoisotopic (exact) mass is 561 g/mol. The number of hydrogen-bond donors (Lipinski definition) is 3. The summed E-state index contributed by atoms with van der Waals surface area (Å²) in [5.74, 6) is 0.246. The van der Waals surface area contributed by atoms with Crippen molar-refractivity contribution in [2.45, 2.75) is 19.8 Å². The Labute approximate surface area is 227 Å². The first kappa shape index (κ1) is 31.2. The number of nitrogens with one attached hydrogen (secondary N) is 2. The Kier molecular flexibility index (Phi) is 15.4. The molecule has 4 N–H and O–H groups in total. The summed E-state index contributed by atoms with van der Waals surface area (Å²) in [6.07, 6.45) is 0.755.